The van der Waals surface area contributed by atoms with E-state index in [0.717, 1.165) is 4.90 Å². The minimum absolute atomic E-state index is 0.340. The molecule has 2 atom stereocenters. The highest BCUT2D eigenvalue weighted by molar-refractivity contribution is 5.85. The lowest BCUT2D eigenvalue weighted by Gasteiger charge is -2.29. The third-order valence-corrected chi connectivity index (χ3v) is 2.29. The van der Waals surface area contributed by atoms with Crippen LogP contribution in [0, 0.1) is 0 Å². The van der Waals surface area contributed by atoms with Crippen LogP contribution in [0.2, 0.25) is 0 Å². The Morgan fingerprint density at radius 2 is 1.94 bits per heavy atom. The number of hydrogen-bond donors (Lipinski definition) is 2. The third kappa shape index (κ3) is 2.85. The van der Waals surface area contributed by atoms with Gasteiger partial charge >= 0.3 is 6.09 Å². The summed E-state index contributed by atoms with van der Waals surface area (Å²) in [5, 5.41) is 9.59. The fraction of sp³-hybridized carbons (Fsp3) is 0.800. The standard InChI is InChI=1S/C10H18N2O4/c1-10(2,3)16-9(15)12-6(8(11)14)4-5-7(12)13/h6-7,13H,4-5H2,1-3H3,(H2,11,14)/t6-,7?/m0/s1. The molecule has 0 aromatic rings. The Balaban J connectivity index is 2.76. The summed E-state index contributed by atoms with van der Waals surface area (Å²) >= 11 is 0. The molecule has 1 rings (SSSR count). The Morgan fingerprint density at radius 3 is 2.38 bits per heavy atom. The van der Waals surface area contributed by atoms with E-state index in [9.17, 15) is 14.7 Å². The van der Waals surface area contributed by atoms with Crippen LogP contribution in [0.1, 0.15) is 33.6 Å². The van der Waals surface area contributed by atoms with E-state index in [1.165, 1.54) is 0 Å². The molecule has 0 aromatic carbocycles. The molecule has 1 aliphatic heterocycles. The van der Waals surface area contributed by atoms with Crippen molar-refractivity contribution in [2.24, 2.45) is 5.73 Å². The van der Waals surface area contributed by atoms with Gasteiger partial charge in [-0.15, -0.1) is 0 Å². The molecule has 3 N–H and O–H groups in total. The average Bonchev–Trinajstić information content (AvgIpc) is 2.43. The van der Waals surface area contributed by atoms with Crippen LogP contribution in [0.15, 0.2) is 0 Å². The molecule has 1 fully saturated rings. The summed E-state index contributed by atoms with van der Waals surface area (Å²) in [6.45, 7) is 5.14. The molecular weight excluding hydrogens is 212 g/mol. The first kappa shape index (κ1) is 12.8. The zero-order valence-electron chi connectivity index (χ0n) is 9.77. The van der Waals surface area contributed by atoms with Gasteiger partial charge in [-0.2, -0.15) is 0 Å². The number of hydrogen-bond acceptors (Lipinski definition) is 4. The molecule has 0 radical (unpaired) electrons. The first-order valence-electron chi connectivity index (χ1n) is 5.21. The Bertz CT molecular complexity index is 298. The fourth-order valence-corrected chi connectivity index (χ4v) is 1.64. The molecule has 0 spiro atoms. The molecule has 1 unspecified atom stereocenters. The molecule has 1 heterocycles. The minimum atomic E-state index is -0.993. The van der Waals surface area contributed by atoms with E-state index in [1.807, 2.05) is 0 Å². The number of primary amides is 1. The Kier molecular flexibility index (Phi) is 3.42. The lowest BCUT2D eigenvalue weighted by Crippen LogP contribution is -2.49. The first-order chi connectivity index (χ1) is 7.22. The van der Waals surface area contributed by atoms with E-state index in [-0.39, 0.29) is 0 Å². The highest BCUT2D eigenvalue weighted by Gasteiger charge is 2.41. The molecule has 1 aliphatic rings. The van der Waals surface area contributed by atoms with Crippen molar-refractivity contribution in [1.82, 2.24) is 4.90 Å². The van der Waals surface area contributed by atoms with E-state index < -0.39 is 29.9 Å². The van der Waals surface area contributed by atoms with Gasteiger partial charge < -0.3 is 15.6 Å². The Hall–Kier alpha value is -1.30. The lowest BCUT2D eigenvalue weighted by molar-refractivity contribution is -0.124. The van der Waals surface area contributed by atoms with Crippen molar-refractivity contribution in [3.8, 4) is 0 Å². The Labute approximate surface area is 94.3 Å². The third-order valence-electron chi connectivity index (χ3n) is 2.29. The zero-order chi connectivity index (χ0) is 12.5. The van der Waals surface area contributed by atoms with Crippen molar-refractivity contribution < 1.29 is 19.4 Å². The normalized spacial score (nSPS) is 25.6. The summed E-state index contributed by atoms with van der Waals surface area (Å²) < 4.78 is 5.09. The second-order valence-corrected chi connectivity index (χ2v) is 4.86. The molecule has 0 bridgehead atoms. The Morgan fingerprint density at radius 1 is 1.38 bits per heavy atom. The van der Waals surface area contributed by atoms with Crippen molar-refractivity contribution >= 4 is 12.0 Å². The maximum absolute atomic E-state index is 11.7. The van der Waals surface area contributed by atoms with Crippen LogP contribution in [-0.2, 0) is 9.53 Å². The maximum atomic E-state index is 11.7. The monoisotopic (exact) mass is 230 g/mol. The summed E-state index contributed by atoms with van der Waals surface area (Å²) in [6.07, 6.45) is -0.989. The number of amides is 2. The molecule has 2 amide bonds. The van der Waals surface area contributed by atoms with Crippen LogP contribution in [0.3, 0.4) is 0 Å². The van der Waals surface area contributed by atoms with Gasteiger partial charge in [0.15, 0.2) is 0 Å². The van der Waals surface area contributed by atoms with Crippen LogP contribution in [0.4, 0.5) is 4.79 Å². The van der Waals surface area contributed by atoms with Crippen LogP contribution >= 0.6 is 0 Å². The second kappa shape index (κ2) is 4.29. The van der Waals surface area contributed by atoms with Crippen molar-refractivity contribution in [3.63, 3.8) is 0 Å². The van der Waals surface area contributed by atoms with Gasteiger partial charge in [0.25, 0.3) is 0 Å². The molecule has 6 nitrogen and oxygen atoms in total. The van der Waals surface area contributed by atoms with Gasteiger partial charge in [-0.25, -0.2) is 4.79 Å². The maximum Gasteiger partial charge on any atom is 0.413 e. The van der Waals surface area contributed by atoms with Crippen molar-refractivity contribution in [2.75, 3.05) is 0 Å². The number of aliphatic hydroxyl groups is 1. The number of aliphatic hydroxyl groups excluding tert-OH is 1. The highest BCUT2D eigenvalue weighted by atomic mass is 16.6. The molecule has 16 heavy (non-hydrogen) atoms. The van der Waals surface area contributed by atoms with Gasteiger partial charge in [-0.1, -0.05) is 0 Å². The van der Waals surface area contributed by atoms with Crippen LogP contribution in [0.25, 0.3) is 0 Å². The van der Waals surface area contributed by atoms with Crippen LogP contribution in [-0.4, -0.2) is 39.9 Å². The number of ether oxygens (including phenoxy) is 1. The molecular formula is C10H18N2O4. The van der Waals surface area contributed by atoms with Crippen molar-refractivity contribution in [3.05, 3.63) is 0 Å². The largest absolute Gasteiger partial charge is 0.444 e. The zero-order valence-corrected chi connectivity index (χ0v) is 9.77. The SMILES string of the molecule is CC(C)(C)OC(=O)N1C(O)CC[C@H]1C(N)=O. The molecule has 0 aromatic heterocycles. The summed E-state index contributed by atoms with van der Waals surface area (Å²) in [4.78, 5) is 23.8. The number of likely N-dealkylation sites (tertiary alicyclic amines) is 1. The summed E-state index contributed by atoms with van der Waals surface area (Å²) in [6, 6.07) is -0.773. The lowest BCUT2D eigenvalue weighted by atomic mass is 10.2. The predicted octanol–water partition coefficient (Wildman–Crippen LogP) is 0.190. The van der Waals surface area contributed by atoms with E-state index in [2.05, 4.69) is 0 Å². The number of nitrogens with two attached hydrogens (primary N) is 1. The van der Waals surface area contributed by atoms with E-state index in [0.29, 0.717) is 12.8 Å². The van der Waals surface area contributed by atoms with Crippen LogP contribution in [0.5, 0.6) is 0 Å². The topological polar surface area (TPSA) is 92.9 Å². The molecule has 0 saturated carbocycles. The number of rotatable bonds is 1. The fourth-order valence-electron chi connectivity index (χ4n) is 1.64. The summed E-state index contributed by atoms with van der Waals surface area (Å²) in [5.74, 6) is -0.623. The van der Waals surface area contributed by atoms with Crippen LogP contribution < -0.4 is 5.73 Å². The smallest absolute Gasteiger partial charge is 0.413 e. The summed E-state index contributed by atoms with van der Waals surface area (Å²) in [5.41, 5.74) is 4.49. The van der Waals surface area contributed by atoms with Crippen molar-refractivity contribution in [1.29, 1.82) is 0 Å². The number of carbonyl (C=O) groups is 2. The van der Waals surface area contributed by atoms with Gasteiger partial charge in [-0.05, 0) is 33.6 Å². The minimum Gasteiger partial charge on any atom is -0.444 e. The molecule has 0 aliphatic carbocycles. The van der Waals surface area contributed by atoms with E-state index >= 15 is 0 Å². The molecule has 92 valence electrons. The molecule has 1 saturated heterocycles. The quantitative estimate of drug-likeness (QED) is 0.672. The van der Waals surface area contributed by atoms with Gasteiger partial charge in [0.1, 0.15) is 17.9 Å². The van der Waals surface area contributed by atoms with Gasteiger partial charge in [0, 0.05) is 0 Å². The number of carbonyl (C=O) groups excluding carboxylic acids is 2. The van der Waals surface area contributed by atoms with E-state index in [1.54, 1.807) is 20.8 Å². The average molecular weight is 230 g/mol. The van der Waals surface area contributed by atoms with Gasteiger partial charge in [0.2, 0.25) is 5.91 Å². The first-order valence-corrected chi connectivity index (χ1v) is 5.21. The highest BCUT2D eigenvalue weighted by Crippen LogP contribution is 2.24. The predicted molar refractivity (Wildman–Crippen MR) is 56.3 cm³/mol. The van der Waals surface area contributed by atoms with Gasteiger partial charge in [-0.3, -0.25) is 9.69 Å². The number of nitrogens with zero attached hydrogens (tertiary/aromatic N) is 1. The second-order valence-electron chi connectivity index (χ2n) is 4.86. The van der Waals surface area contributed by atoms with Gasteiger partial charge in [0.05, 0.1) is 0 Å². The van der Waals surface area contributed by atoms with Crippen molar-refractivity contribution in [2.45, 2.75) is 51.5 Å². The van der Waals surface area contributed by atoms with E-state index in [4.69, 9.17) is 10.5 Å². The molecule has 6 heteroatoms. The summed E-state index contributed by atoms with van der Waals surface area (Å²) in [7, 11) is 0.